The summed E-state index contributed by atoms with van der Waals surface area (Å²) in [5, 5.41) is 1.49. The average Bonchev–Trinajstić information content (AvgIpc) is 2.16. The molecule has 8 heteroatoms. The minimum absolute atomic E-state index is 0.0289. The Morgan fingerprint density at radius 1 is 1.00 bits per heavy atom. The molecule has 0 aliphatic heterocycles. The summed E-state index contributed by atoms with van der Waals surface area (Å²) in [6.07, 6.45) is 0. The van der Waals surface area contributed by atoms with Gasteiger partial charge in [0.15, 0.2) is 0 Å². The lowest BCUT2D eigenvalue weighted by atomic mass is 10.8. The molecule has 0 aliphatic rings. The lowest BCUT2D eigenvalue weighted by Gasteiger charge is -2.16. The van der Waals surface area contributed by atoms with E-state index in [9.17, 15) is 8.42 Å². The first-order chi connectivity index (χ1) is 7.41. The van der Waals surface area contributed by atoms with Gasteiger partial charge in [-0.25, -0.2) is 4.18 Å². The van der Waals surface area contributed by atoms with E-state index >= 15 is 0 Å². The van der Waals surface area contributed by atoms with Gasteiger partial charge < -0.3 is 0 Å². The fraction of sp³-hybridized carbons (Fsp3) is 1.00. The third-order valence-electron chi connectivity index (χ3n) is 1.07. The average molecular weight is 259 g/mol. The van der Waals surface area contributed by atoms with E-state index in [2.05, 4.69) is 4.18 Å². The largest absolute Gasteiger partial charge is 0.397 e. The zero-order valence-corrected chi connectivity index (χ0v) is 11.0. The molecule has 0 atom stereocenters. The standard InChI is InChI=1S/C6H15NO2.C2H6O4S/c1-4-7(8-5-2)9-6-3;1-2-6-7(3,4)5/h4-6H2,1-3H3;2H2,1H3,(H,3,4,5). The van der Waals surface area contributed by atoms with E-state index in [1.165, 1.54) is 12.2 Å². The molecule has 0 aliphatic carbocycles. The normalized spacial score (nSPS) is 11.1. The van der Waals surface area contributed by atoms with Crippen LogP contribution in [0.5, 0.6) is 0 Å². The van der Waals surface area contributed by atoms with Crippen molar-refractivity contribution in [2.75, 3.05) is 26.4 Å². The Morgan fingerprint density at radius 2 is 1.44 bits per heavy atom. The first-order valence-electron chi connectivity index (χ1n) is 5.06. The van der Waals surface area contributed by atoms with Gasteiger partial charge >= 0.3 is 10.4 Å². The summed E-state index contributed by atoms with van der Waals surface area (Å²) in [6.45, 7) is 9.37. The van der Waals surface area contributed by atoms with Gasteiger partial charge in [0.1, 0.15) is 0 Å². The summed E-state index contributed by atoms with van der Waals surface area (Å²) in [5.74, 6) is 0. The molecule has 1 N–H and O–H groups in total. The maximum atomic E-state index is 9.56. The van der Waals surface area contributed by atoms with Crippen LogP contribution in [0, 0.1) is 0 Å². The summed E-state index contributed by atoms with van der Waals surface area (Å²) in [4.78, 5) is 10.1. The van der Waals surface area contributed by atoms with Crippen LogP contribution in [0.1, 0.15) is 27.7 Å². The van der Waals surface area contributed by atoms with Gasteiger partial charge in [-0.05, 0) is 27.7 Å². The molecule has 0 aromatic rings. The number of hydroxylamine groups is 2. The van der Waals surface area contributed by atoms with Gasteiger partial charge in [0, 0.05) is 6.54 Å². The smallest absolute Gasteiger partial charge is 0.274 e. The third-order valence-corrected chi connectivity index (χ3v) is 1.60. The van der Waals surface area contributed by atoms with E-state index in [1.807, 2.05) is 20.8 Å². The predicted molar refractivity (Wildman–Crippen MR) is 58.8 cm³/mol. The zero-order chi connectivity index (χ0) is 13.0. The maximum Gasteiger partial charge on any atom is 0.397 e. The second-order valence-electron chi connectivity index (χ2n) is 2.32. The molecule has 0 heterocycles. The Balaban J connectivity index is 0. The lowest BCUT2D eigenvalue weighted by molar-refractivity contribution is -0.362. The highest BCUT2D eigenvalue weighted by atomic mass is 32.3. The zero-order valence-electron chi connectivity index (χ0n) is 10.2. The van der Waals surface area contributed by atoms with Crippen LogP contribution in [-0.2, 0) is 24.3 Å². The second kappa shape index (κ2) is 11.2. The molecule has 7 nitrogen and oxygen atoms in total. The van der Waals surface area contributed by atoms with Gasteiger partial charge in [-0.1, -0.05) is 5.23 Å². The molecule has 0 unspecified atom stereocenters. The molecule has 100 valence electrons. The van der Waals surface area contributed by atoms with Crippen molar-refractivity contribution in [3.8, 4) is 0 Å². The van der Waals surface area contributed by atoms with Gasteiger partial charge in [-0.2, -0.15) is 8.42 Å². The minimum Gasteiger partial charge on any atom is -0.274 e. The van der Waals surface area contributed by atoms with Crippen LogP contribution in [0.25, 0.3) is 0 Å². The molecule has 16 heavy (non-hydrogen) atoms. The highest BCUT2D eigenvalue weighted by molar-refractivity contribution is 7.80. The van der Waals surface area contributed by atoms with Crippen LogP contribution >= 0.6 is 0 Å². The van der Waals surface area contributed by atoms with Crippen molar-refractivity contribution >= 4 is 10.4 Å². The summed E-state index contributed by atoms with van der Waals surface area (Å²) in [5.41, 5.74) is 0. The summed E-state index contributed by atoms with van der Waals surface area (Å²) < 4.78 is 30.7. The monoisotopic (exact) mass is 259 g/mol. The van der Waals surface area contributed by atoms with Gasteiger partial charge in [-0.15, -0.1) is 0 Å². The van der Waals surface area contributed by atoms with Crippen LogP contribution in [-0.4, -0.2) is 44.6 Å². The first kappa shape index (κ1) is 18.1. The van der Waals surface area contributed by atoms with Crippen LogP contribution in [0.2, 0.25) is 0 Å². The summed E-state index contributed by atoms with van der Waals surface area (Å²) in [6, 6.07) is 0. The Hall–Kier alpha value is -0.250. The van der Waals surface area contributed by atoms with E-state index in [0.29, 0.717) is 13.2 Å². The SMILES string of the molecule is CCON(CC)OCC.CCOS(=O)(=O)O. The Morgan fingerprint density at radius 3 is 1.56 bits per heavy atom. The van der Waals surface area contributed by atoms with Crippen molar-refractivity contribution < 1.29 is 26.8 Å². The van der Waals surface area contributed by atoms with Crippen molar-refractivity contribution in [2.24, 2.45) is 0 Å². The Kier molecular flexibility index (Phi) is 12.7. The van der Waals surface area contributed by atoms with E-state index < -0.39 is 10.4 Å². The number of hydrogen-bond donors (Lipinski definition) is 1. The molecule has 0 spiro atoms. The molecular weight excluding hydrogens is 238 g/mol. The van der Waals surface area contributed by atoms with Crippen molar-refractivity contribution in [2.45, 2.75) is 27.7 Å². The molecule has 0 saturated heterocycles. The molecule has 0 saturated carbocycles. The fourth-order valence-corrected chi connectivity index (χ4v) is 0.955. The molecule has 0 fully saturated rings. The van der Waals surface area contributed by atoms with Crippen LogP contribution < -0.4 is 0 Å². The van der Waals surface area contributed by atoms with Crippen LogP contribution in [0.4, 0.5) is 0 Å². The predicted octanol–water partition coefficient (Wildman–Crippen LogP) is 1.04. The fourth-order valence-electron chi connectivity index (χ4n) is 0.657. The quantitative estimate of drug-likeness (QED) is 0.540. The van der Waals surface area contributed by atoms with Crippen molar-refractivity contribution in [3.63, 3.8) is 0 Å². The van der Waals surface area contributed by atoms with Gasteiger partial charge in [-0.3, -0.25) is 14.2 Å². The second-order valence-corrected chi connectivity index (χ2v) is 3.41. The summed E-state index contributed by atoms with van der Waals surface area (Å²) >= 11 is 0. The topological polar surface area (TPSA) is 85.3 Å². The Labute approximate surface area is 97.1 Å². The molecule has 0 bridgehead atoms. The Bertz CT molecular complexity index is 225. The molecule has 0 rings (SSSR count). The summed E-state index contributed by atoms with van der Waals surface area (Å²) in [7, 11) is -4.17. The minimum atomic E-state index is -4.17. The molecule has 0 aromatic carbocycles. The molecule has 0 amide bonds. The third kappa shape index (κ3) is 16.2. The number of hydrogen-bond acceptors (Lipinski definition) is 6. The van der Waals surface area contributed by atoms with Crippen molar-refractivity contribution in [1.82, 2.24) is 5.23 Å². The van der Waals surface area contributed by atoms with E-state index in [-0.39, 0.29) is 6.61 Å². The van der Waals surface area contributed by atoms with E-state index in [1.54, 1.807) is 0 Å². The molecular formula is C8H21NO6S. The lowest BCUT2D eigenvalue weighted by Crippen LogP contribution is -2.23. The first-order valence-corrected chi connectivity index (χ1v) is 6.42. The van der Waals surface area contributed by atoms with E-state index in [0.717, 1.165) is 6.54 Å². The van der Waals surface area contributed by atoms with Crippen LogP contribution in [0.3, 0.4) is 0 Å². The van der Waals surface area contributed by atoms with Gasteiger partial charge in [0.2, 0.25) is 0 Å². The van der Waals surface area contributed by atoms with Gasteiger partial charge in [0.25, 0.3) is 0 Å². The maximum absolute atomic E-state index is 9.56. The number of rotatable bonds is 7. The van der Waals surface area contributed by atoms with Crippen molar-refractivity contribution in [1.29, 1.82) is 0 Å². The van der Waals surface area contributed by atoms with Crippen molar-refractivity contribution in [3.05, 3.63) is 0 Å². The number of nitrogens with zero attached hydrogens (tertiary/aromatic N) is 1. The highest BCUT2D eigenvalue weighted by Gasteiger charge is 1.98. The molecule has 0 aromatic heterocycles. The molecule has 0 radical (unpaired) electrons. The van der Waals surface area contributed by atoms with E-state index in [4.69, 9.17) is 14.2 Å². The van der Waals surface area contributed by atoms with Gasteiger partial charge in [0.05, 0.1) is 19.8 Å². The van der Waals surface area contributed by atoms with Crippen LogP contribution in [0.15, 0.2) is 0 Å². The highest BCUT2D eigenvalue weighted by Crippen LogP contribution is 1.89.